The molecule has 0 unspecified atom stereocenters. The summed E-state index contributed by atoms with van der Waals surface area (Å²) in [7, 11) is 1.72. The number of nitrogens with zero attached hydrogens (tertiary/aromatic N) is 3. The molecule has 1 aromatic heterocycles. The molecule has 1 aliphatic rings. The number of anilines is 1. The van der Waals surface area contributed by atoms with Crippen LogP contribution < -0.4 is 11.1 Å². The van der Waals surface area contributed by atoms with Gasteiger partial charge in [-0.3, -0.25) is 9.59 Å². The van der Waals surface area contributed by atoms with Crippen molar-refractivity contribution in [3.05, 3.63) is 5.01 Å². The van der Waals surface area contributed by atoms with Crippen LogP contribution in [0.25, 0.3) is 0 Å². The van der Waals surface area contributed by atoms with Crippen molar-refractivity contribution in [1.29, 1.82) is 0 Å². The molecule has 7 nitrogen and oxygen atoms in total. The normalized spacial score (nSPS) is 21.7. The summed E-state index contributed by atoms with van der Waals surface area (Å²) in [5.41, 5.74) is 5.00. The standard InChI is InChI=1S/C11H17N5O2S/c1-11(2)6(4-8(17)16(11)3)9(18)13-5-7-14-15-10(12)19-7/h6H,4-5H2,1-3H3,(H2,12,15)(H,13,18)/t6-/m1/s1. The van der Waals surface area contributed by atoms with Crippen LogP contribution in [0, 0.1) is 5.92 Å². The molecule has 0 aromatic carbocycles. The Morgan fingerprint density at radius 3 is 2.74 bits per heavy atom. The van der Waals surface area contributed by atoms with Crippen molar-refractivity contribution < 1.29 is 9.59 Å². The minimum atomic E-state index is -0.471. The quantitative estimate of drug-likeness (QED) is 0.812. The van der Waals surface area contributed by atoms with Gasteiger partial charge in [-0.2, -0.15) is 0 Å². The number of rotatable bonds is 3. The molecule has 1 saturated heterocycles. The summed E-state index contributed by atoms with van der Waals surface area (Å²) in [5.74, 6) is -0.503. The van der Waals surface area contributed by atoms with Crippen molar-refractivity contribution >= 4 is 28.3 Å². The Morgan fingerprint density at radius 2 is 2.26 bits per heavy atom. The largest absolute Gasteiger partial charge is 0.374 e. The molecule has 2 rings (SSSR count). The lowest BCUT2D eigenvalue weighted by Gasteiger charge is -2.32. The van der Waals surface area contributed by atoms with E-state index in [1.807, 2.05) is 13.8 Å². The Hall–Kier alpha value is -1.70. The maximum absolute atomic E-state index is 12.2. The van der Waals surface area contributed by atoms with Crippen LogP contribution in [0.15, 0.2) is 0 Å². The minimum absolute atomic E-state index is 0.00897. The molecule has 2 heterocycles. The zero-order chi connectivity index (χ0) is 14.2. The van der Waals surface area contributed by atoms with E-state index in [1.54, 1.807) is 11.9 Å². The SMILES string of the molecule is CN1C(=O)C[C@H](C(=O)NCc2nnc(N)s2)C1(C)C. The van der Waals surface area contributed by atoms with Crippen molar-refractivity contribution in [2.24, 2.45) is 5.92 Å². The zero-order valence-electron chi connectivity index (χ0n) is 11.1. The van der Waals surface area contributed by atoms with E-state index in [1.165, 1.54) is 11.3 Å². The molecule has 0 saturated carbocycles. The Labute approximate surface area is 115 Å². The summed E-state index contributed by atoms with van der Waals surface area (Å²) in [5, 5.41) is 11.3. The van der Waals surface area contributed by atoms with Crippen LogP contribution in [0.3, 0.4) is 0 Å². The summed E-state index contributed by atoms with van der Waals surface area (Å²) in [4.78, 5) is 25.5. The molecular weight excluding hydrogens is 266 g/mol. The molecule has 0 aliphatic carbocycles. The Balaban J connectivity index is 1.99. The Kier molecular flexibility index (Phi) is 3.44. The number of likely N-dealkylation sites (tertiary alicyclic amines) is 1. The predicted molar refractivity (Wildman–Crippen MR) is 71.1 cm³/mol. The second-order valence-electron chi connectivity index (χ2n) is 5.11. The van der Waals surface area contributed by atoms with Gasteiger partial charge in [-0.25, -0.2) is 0 Å². The summed E-state index contributed by atoms with van der Waals surface area (Å²) < 4.78 is 0. The Morgan fingerprint density at radius 1 is 1.58 bits per heavy atom. The van der Waals surface area contributed by atoms with Crippen molar-refractivity contribution in [3.63, 3.8) is 0 Å². The third kappa shape index (κ3) is 2.53. The van der Waals surface area contributed by atoms with Gasteiger partial charge in [0.05, 0.1) is 12.5 Å². The van der Waals surface area contributed by atoms with Gasteiger partial charge in [0.2, 0.25) is 16.9 Å². The van der Waals surface area contributed by atoms with Crippen LogP contribution in [0.1, 0.15) is 25.3 Å². The van der Waals surface area contributed by atoms with E-state index < -0.39 is 5.54 Å². The molecule has 1 atom stereocenters. The molecule has 104 valence electrons. The van der Waals surface area contributed by atoms with Crippen molar-refractivity contribution in [2.45, 2.75) is 32.4 Å². The molecule has 1 aliphatic heterocycles. The summed E-state index contributed by atoms with van der Waals surface area (Å²) in [6.07, 6.45) is 0.244. The monoisotopic (exact) mass is 283 g/mol. The highest BCUT2D eigenvalue weighted by Gasteiger charge is 2.47. The van der Waals surface area contributed by atoms with E-state index in [0.717, 1.165) is 0 Å². The van der Waals surface area contributed by atoms with E-state index in [4.69, 9.17) is 5.73 Å². The van der Waals surface area contributed by atoms with Gasteiger partial charge in [0, 0.05) is 19.0 Å². The van der Waals surface area contributed by atoms with Crippen molar-refractivity contribution in [1.82, 2.24) is 20.4 Å². The molecule has 1 aromatic rings. The van der Waals surface area contributed by atoms with Gasteiger partial charge in [0.25, 0.3) is 0 Å². The topological polar surface area (TPSA) is 101 Å². The van der Waals surface area contributed by atoms with Crippen LogP contribution in [0.4, 0.5) is 5.13 Å². The van der Waals surface area contributed by atoms with E-state index in [0.29, 0.717) is 10.1 Å². The molecule has 1 fully saturated rings. The maximum atomic E-state index is 12.2. The minimum Gasteiger partial charge on any atom is -0.374 e. The number of nitrogen functional groups attached to an aromatic ring is 1. The first-order valence-corrected chi connectivity index (χ1v) is 6.76. The summed E-state index contributed by atoms with van der Waals surface area (Å²) in [6.45, 7) is 4.08. The van der Waals surface area contributed by atoms with Gasteiger partial charge in [-0.1, -0.05) is 11.3 Å². The lowest BCUT2D eigenvalue weighted by Crippen LogP contribution is -2.46. The lowest BCUT2D eigenvalue weighted by molar-refractivity contribution is -0.128. The highest BCUT2D eigenvalue weighted by molar-refractivity contribution is 7.15. The van der Waals surface area contributed by atoms with Gasteiger partial charge in [-0.05, 0) is 13.8 Å². The number of hydrogen-bond acceptors (Lipinski definition) is 6. The number of nitrogens with two attached hydrogens (primary N) is 1. The van der Waals surface area contributed by atoms with Crippen LogP contribution in [-0.4, -0.2) is 39.5 Å². The number of aromatic nitrogens is 2. The molecule has 2 amide bonds. The first-order chi connectivity index (χ1) is 8.82. The van der Waals surface area contributed by atoms with Crippen LogP contribution >= 0.6 is 11.3 Å². The molecule has 0 spiro atoms. The molecule has 0 bridgehead atoms. The maximum Gasteiger partial charge on any atom is 0.226 e. The third-order valence-corrected chi connectivity index (χ3v) is 4.44. The fourth-order valence-electron chi connectivity index (χ4n) is 2.15. The molecule has 8 heteroatoms. The van der Waals surface area contributed by atoms with Crippen molar-refractivity contribution in [3.8, 4) is 0 Å². The highest BCUT2D eigenvalue weighted by Crippen LogP contribution is 2.34. The molecule has 19 heavy (non-hydrogen) atoms. The van der Waals surface area contributed by atoms with Crippen LogP contribution in [0.2, 0.25) is 0 Å². The average Bonchev–Trinajstić information content (AvgIpc) is 2.84. The fourth-order valence-corrected chi connectivity index (χ4v) is 2.70. The summed E-state index contributed by atoms with van der Waals surface area (Å²) in [6, 6.07) is 0. The smallest absolute Gasteiger partial charge is 0.226 e. The highest BCUT2D eigenvalue weighted by atomic mass is 32.1. The number of nitrogens with one attached hydrogen (secondary N) is 1. The molecule has 0 radical (unpaired) electrons. The van der Waals surface area contributed by atoms with E-state index in [2.05, 4.69) is 15.5 Å². The number of carbonyl (C=O) groups is 2. The number of carbonyl (C=O) groups excluding carboxylic acids is 2. The Bertz CT molecular complexity index is 513. The van der Waals surface area contributed by atoms with Crippen molar-refractivity contribution in [2.75, 3.05) is 12.8 Å². The second-order valence-corrected chi connectivity index (χ2v) is 6.21. The van der Waals surface area contributed by atoms with Crippen LogP contribution in [-0.2, 0) is 16.1 Å². The number of hydrogen-bond donors (Lipinski definition) is 2. The van der Waals surface area contributed by atoms with Gasteiger partial charge in [0.1, 0.15) is 5.01 Å². The van der Waals surface area contributed by atoms with E-state index in [-0.39, 0.29) is 30.7 Å². The van der Waals surface area contributed by atoms with Gasteiger partial charge < -0.3 is 16.0 Å². The number of amides is 2. The summed E-state index contributed by atoms with van der Waals surface area (Å²) >= 11 is 1.24. The first-order valence-electron chi connectivity index (χ1n) is 5.94. The van der Waals surface area contributed by atoms with E-state index in [9.17, 15) is 9.59 Å². The fraction of sp³-hybridized carbons (Fsp3) is 0.636. The lowest BCUT2D eigenvalue weighted by atomic mass is 9.88. The molecule has 3 N–H and O–H groups in total. The average molecular weight is 283 g/mol. The first kappa shape index (κ1) is 13.7. The van der Waals surface area contributed by atoms with Gasteiger partial charge in [0.15, 0.2) is 0 Å². The molecular formula is C11H17N5O2S. The van der Waals surface area contributed by atoms with Crippen LogP contribution in [0.5, 0.6) is 0 Å². The van der Waals surface area contributed by atoms with Gasteiger partial charge >= 0.3 is 0 Å². The van der Waals surface area contributed by atoms with Gasteiger partial charge in [-0.15, -0.1) is 10.2 Å². The third-order valence-electron chi connectivity index (χ3n) is 3.68. The van der Waals surface area contributed by atoms with E-state index >= 15 is 0 Å². The second kappa shape index (κ2) is 4.76. The predicted octanol–water partition coefficient (Wildman–Crippen LogP) is -0.00660. The zero-order valence-corrected chi connectivity index (χ0v) is 12.0.